The summed E-state index contributed by atoms with van der Waals surface area (Å²) in [5.74, 6) is 1.19. The van der Waals surface area contributed by atoms with Crippen LogP contribution < -0.4 is 15.1 Å². The van der Waals surface area contributed by atoms with E-state index in [0.29, 0.717) is 0 Å². The van der Waals surface area contributed by atoms with E-state index in [1.807, 2.05) is 0 Å². The molecular weight excluding hydrogens is 456 g/mol. The maximum atomic E-state index is 13.0. The summed E-state index contributed by atoms with van der Waals surface area (Å²) in [6.45, 7) is 9.92. The van der Waals surface area contributed by atoms with Crippen LogP contribution in [-0.2, 0) is 11.2 Å². The molecule has 0 bridgehead atoms. The number of hydrogen-bond donors (Lipinski definition) is 1. The molecule has 186 valence electrons. The van der Waals surface area contributed by atoms with Crippen molar-refractivity contribution in [3.8, 4) is 0 Å². The van der Waals surface area contributed by atoms with Gasteiger partial charge in [-0.05, 0) is 50.4 Å². The Morgan fingerprint density at radius 2 is 1.91 bits per heavy atom. The van der Waals surface area contributed by atoms with Crippen LogP contribution in [0, 0.1) is 5.92 Å². The van der Waals surface area contributed by atoms with Crippen molar-refractivity contribution in [3.63, 3.8) is 0 Å². The van der Waals surface area contributed by atoms with Gasteiger partial charge in [-0.3, -0.25) is 9.69 Å². The predicted octanol–water partition coefficient (Wildman–Crippen LogP) is 3.80. The van der Waals surface area contributed by atoms with Crippen molar-refractivity contribution in [2.45, 2.75) is 32.6 Å². The highest BCUT2D eigenvalue weighted by atomic mass is 32.1. The zero-order valence-electron chi connectivity index (χ0n) is 20.7. The van der Waals surface area contributed by atoms with Crippen LogP contribution in [0.2, 0.25) is 0 Å². The lowest BCUT2D eigenvalue weighted by molar-refractivity contribution is -0.125. The van der Waals surface area contributed by atoms with Gasteiger partial charge in [0.1, 0.15) is 17.0 Å². The first-order valence-corrected chi connectivity index (χ1v) is 13.8. The molecule has 1 N–H and O–H groups in total. The fraction of sp³-hybridized carbons (Fsp3) is 0.519. The van der Waals surface area contributed by atoms with E-state index in [1.54, 1.807) is 17.7 Å². The molecule has 0 saturated carbocycles. The number of nitrogens with zero attached hydrogens (tertiary/aromatic N) is 5. The molecule has 3 aromatic rings. The first-order valence-electron chi connectivity index (χ1n) is 13.0. The standard InChI is InChI=1S/C27H36N6OS/c1-2-23-18-24-25(29-20-30-27(24)35-23)33-13-6-8-21(19-33)26(34)28-11-7-12-31-14-16-32(17-15-31)22-9-4-3-5-10-22/h3-5,9-10,18,20-21H,2,6-8,11-17,19H2,1H3,(H,28,34)/t21-/m1/s1. The fourth-order valence-electron chi connectivity index (χ4n) is 5.23. The van der Waals surface area contributed by atoms with Crippen molar-refractivity contribution in [2.75, 3.05) is 62.2 Å². The van der Waals surface area contributed by atoms with Gasteiger partial charge in [0, 0.05) is 56.4 Å². The van der Waals surface area contributed by atoms with Gasteiger partial charge >= 0.3 is 0 Å². The number of piperidine rings is 1. The summed E-state index contributed by atoms with van der Waals surface area (Å²) in [6, 6.07) is 12.9. The number of carbonyl (C=O) groups excluding carboxylic acids is 1. The lowest BCUT2D eigenvalue weighted by Gasteiger charge is -2.36. The van der Waals surface area contributed by atoms with Crippen LogP contribution in [0.15, 0.2) is 42.7 Å². The SMILES string of the molecule is CCc1cc2c(N3CCC[C@@H](C(=O)NCCCN4CCN(c5ccccc5)CC4)C3)ncnc2s1. The lowest BCUT2D eigenvalue weighted by atomic mass is 9.97. The van der Waals surface area contributed by atoms with Gasteiger partial charge < -0.3 is 15.1 Å². The average molecular weight is 493 g/mol. The highest BCUT2D eigenvalue weighted by Crippen LogP contribution is 2.32. The van der Waals surface area contributed by atoms with Crippen LogP contribution in [0.4, 0.5) is 11.5 Å². The van der Waals surface area contributed by atoms with Crippen molar-refractivity contribution < 1.29 is 4.79 Å². The van der Waals surface area contributed by atoms with Gasteiger partial charge in [-0.1, -0.05) is 25.1 Å². The predicted molar refractivity (Wildman–Crippen MR) is 144 cm³/mol. The first kappa shape index (κ1) is 24.0. The third-order valence-corrected chi connectivity index (χ3v) is 8.43. The van der Waals surface area contributed by atoms with E-state index >= 15 is 0 Å². The Balaban J connectivity index is 1.06. The van der Waals surface area contributed by atoms with Crippen molar-refractivity contribution in [1.29, 1.82) is 0 Å². The van der Waals surface area contributed by atoms with E-state index in [9.17, 15) is 4.79 Å². The Morgan fingerprint density at radius 1 is 1.09 bits per heavy atom. The minimum absolute atomic E-state index is 0.0208. The summed E-state index contributed by atoms with van der Waals surface area (Å²) in [4.78, 5) is 31.6. The summed E-state index contributed by atoms with van der Waals surface area (Å²) in [7, 11) is 0. The van der Waals surface area contributed by atoms with Crippen molar-refractivity contribution in [3.05, 3.63) is 47.6 Å². The molecular formula is C27H36N6OS. The topological polar surface area (TPSA) is 64.6 Å². The van der Waals surface area contributed by atoms with E-state index in [-0.39, 0.29) is 11.8 Å². The number of benzene rings is 1. The fourth-order valence-corrected chi connectivity index (χ4v) is 6.16. The molecule has 2 saturated heterocycles. The number of carbonyl (C=O) groups is 1. The molecule has 1 atom stereocenters. The van der Waals surface area contributed by atoms with E-state index in [0.717, 1.165) is 94.1 Å². The molecule has 5 rings (SSSR count). The third-order valence-electron chi connectivity index (χ3n) is 7.24. The minimum Gasteiger partial charge on any atom is -0.369 e. The molecule has 0 unspecified atom stereocenters. The Bertz CT molecular complexity index is 1110. The number of aromatic nitrogens is 2. The Labute approximate surface area is 212 Å². The van der Waals surface area contributed by atoms with Gasteiger partial charge in [-0.2, -0.15) is 0 Å². The second-order valence-corrected chi connectivity index (χ2v) is 10.7. The van der Waals surface area contributed by atoms with Crippen molar-refractivity contribution in [2.24, 2.45) is 5.92 Å². The molecule has 0 spiro atoms. The Kier molecular flexibility index (Phi) is 7.79. The number of piperazine rings is 1. The van der Waals surface area contributed by atoms with Gasteiger partial charge in [0.15, 0.2) is 0 Å². The number of nitrogens with one attached hydrogen (secondary N) is 1. The summed E-state index contributed by atoms with van der Waals surface area (Å²) < 4.78 is 0. The first-order chi connectivity index (χ1) is 17.2. The van der Waals surface area contributed by atoms with Gasteiger partial charge in [0.05, 0.1) is 11.3 Å². The van der Waals surface area contributed by atoms with Crippen LogP contribution in [0.25, 0.3) is 10.2 Å². The van der Waals surface area contributed by atoms with E-state index in [2.05, 4.69) is 73.3 Å². The molecule has 2 aromatic heterocycles. The maximum Gasteiger partial charge on any atom is 0.224 e. The quantitative estimate of drug-likeness (QED) is 0.483. The number of para-hydroxylation sites is 1. The summed E-state index contributed by atoms with van der Waals surface area (Å²) >= 11 is 1.74. The normalized spacial score (nSPS) is 19.3. The zero-order valence-corrected chi connectivity index (χ0v) is 21.5. The largest absolute Gasteiger partial charge is 0.369 e. The zero-order chi connectivity index (χ0) is 24.0. The minimum atomic E-state index is 0.0208. The van der Waals surface area contributed by atoms with Crippen LogP contribution in [0.5, 0.6) is 0 Å². The highest BCUT2D eigenvalue weighted by Gasteiger charge is 2.27. The number of hydrogen-bond acceptors (Lipinski definition) is 7. The number of thiophene rings is 1. The maximum absolute atomic E-state index is 13.0. The third kappa shape index (κ3) is 5.76. The van der Waals surface area contributed by atoms with E-state index in [4.69, 9.17) is 0 Å². The molecule has 1 amide bonds. The van der Waals surface area contributed by atoms with Gasteiger partial charge in [-0.25, -0.2) is 9.97 Å². The van der Waals surface area contributed by atoms with Crippen LogP contribution in [0.1, 0.15) is 31.1 Å². The molecule has 0 radical (unpaired) electrons. The molecule has 2 fully saturated rings. The average Bonchev–Trinajstić information content (AvgIpc) is 3.36. The van der Waals surface area contributed by atoms with E-state index < -0.39 is 0 Å². The van der Waals surface area contributed by atoms with E-state index in [1.165, 1.54) is 10.6 Å². The molecule has 8 heteroatoms. The molecule has 0 aliphatic carbocycles. The summed E-state index contributed by atoms with van der Waals surface area (Å²) in [6.07, 6.45) is 5.63. The Morgan fingerprint density at radius 3 is 2.71 bits per heavy atom. The number of fused-ring (bicyclic) bond motifs is 1. The van der Waals surface area contributed by atoms with Crippen LogP contribution in [0.3, 0.4) is 0 Å². The van der Waals surface area contributed by atoms with Crippen LogP contribution in [-0.4, -0.2) is 73.1 Å². The van der Waals surface area contributed by atoms with Crippen molar-refractivity contribution in [1.82, 2.24) is 20.2 Å². The van der Waals surface area contributed by atoms with Gasteiger partial charge in [0.2, 0.25) is 5.91 Å². The number of aryl methyl sites for hydroxylation is 1. The molecule has 1 aromatic carbocycles. The second kappa shape index (κ2) is 11.4. The van der Waals surface area contributed by atoms with Crippen LogP contribution >= 0.6 is 11.3 Å². The lowest BCUT2D eigenvalue weighted by Crippen LogP contribution is -2.47. The molecule has 2 aliphatic heterocycles. The van der Waals surface area contributed by atoms with Gasteiger partial charge in [0.25, 0.3) is 0 Å². The Hall–Kier alpha value is -2.71. The second-order valence-electron chi connectivity index (χ2n) is 9.58. The molecule has 2 aliphatic rings. The smallest absolute Gasteiger partial charge is 0.224 e. The molecule has 4 heterocycles. The summed E-state index contributed by atoms with van der Waals surface area (Å²) in [5.41, 5.74) is 1.31. The summed E-state index contributed by atoms with van der Waals surface area (Å²) in [5, 5.41) is 4.34. The monoisotopic (exact) mass is 492 g/mol. The molecule has 35 heavy (non-hydrogen) atoms. The highest BCUT2D eigenvalue weighted by molar-refractivity contribution is 7.18. The molecule has 7 nitrogen and oxygen atoms in total. The van der Waals surface area contributed by atoms with Crippen molar-refractivity contribution >= 4 is 39.0 Å². The number of amides is 1. The number of rotatable bonds is 8. The number of anilines is 2. The van der Waals surface area contributed by atoms with Gasteiger partial charge in [-0.15, -0.1) is 11.3 Å².